The summed E-state index contributed by atoms with van der Waals surface area (Å²) in [6, 6.07) is 5.42. The molecule has 152 valence electrons. The molecule has 1 aliphatic rings. The van der Waals surface area contributed by atoms with Crippen molar-refractivity contribution in [1.29, 1.82) is 0 Å². The van der Waals surface area contributed by atoms with Gasteiger partial charge in [0.25, 0.3) is 0 Å². The van der Waals surface area contributed by atoms with Crippen LogP contribution in [0.2, 0.25) is 0 Å². The summed E-state index contributed by atoms with van der Waals surface area (Å²) in [5.74, 6) is 1.19. The maximum Gasteiger partial charge on any atom is 0.198 e. The lowest BCUT2D eigenvalue weighted by Crippen LogP contribution is -2.35. The highest BCUT2D eigenvalue weighted by Crippen LogP contribution is 2.51. The van der Waals surface area contributed by atoms with E-state index in [0.29, 0.717) is 36.8 Å². The Kier molecular flexibility index (Phi) is 7.19. The summed E-state index contributed by atoms with van der Waals surface area (Å²) in [7, 11) is 0. The summed E-state index contributed by atoms with van der Waals surface area (Å²) in [6.07, 6.45) is 0.889. The number of hydrogen-bond acceptors (Lipinski definition) is 7. The second-order valence-electron chi connectivity index (χ2n) is 6.53. The smallest absolute Gasteiger partial charge is 0.198 e. The van der Waals surface area contributed by atoms with Gasteiger partial charge in [0, 0.05) is 23.4 Å². The van der Waals surface area contributed by atoms with Crippen molar-refractivity contribution in [1.82, 2.24) is 25.5 Å². The van der Waals surface area contributed by atoms with Crippen LogP contribution in [0.4, 0.5) is 0 Å². The molecule has 8 nitrogen and oxygen atoms in total. The first-order valence-electron chi connectivity index (χ1n) is 8.79. The van der Waals surface area contributed by atoms with Crippen LogP contribution in [0.5, 0.6) is 5.75 Å². The standard InChI is InChI=1S/C18H23BrN6O2.ClH/c1-4-25-23-17(22-24-25)16-18(3,13(10-26)11(2)21-16)12-6-5-7-14(19)15(12)27-9-8-20;/h5-7,10,16,21H,4,8-9,20H2,1-3H3;1H. The van der Waals surface area contributed by atoms with E-state index >= 15 is 0 Å². The quantitative estimate of drug-likeness (QED) is 0.596. The van der Waals surface area contributed by atoms with Crippen molar-refractivity contribution >= 4 is 34.6 Å². The fourth-order valence-corrected chi connectivity index (χ4v) is 4.03. The van der Waals surface area contributed by atoms with Gasteiger partial charge >= 0.3 is 0 Å². The molecule has 0 fully saturated rings. The number of carbonyl (C=O) groups excluding carboxylic acids is 1. The van der Waals surface area contributed by atoms with Gasteiger partial charge in [-0.2, -0.15) is 4.80 Å². The summed E-state index contributed by atoms with van der Waals surface area (Å²) in [6.45, 7) is 7.19. The van der Waals surface area contributed by atoms with Gasteiger partial charge in [-0.3, -0.25) is 4.79 Å². The summed E-state index contributed by atoms with van der Waals surface area (Å²) >= 11 is 3.56. The second-order valence-corrected chi connectivity index (χ2v) is 7.38. The van der Waals surface area contributed by atoms with Crippen molar-refractivity contribution in [3.05, 3.63) is 45.3 Å². The van der Waals surface area contributed by atoms with Gasteiger partial charge < -0.3 is 15.8 Å². The number of tetrazole rings is 1. The zero-order chi connectivity index (χ0) is 19.6. The second kappa shape index (κ2) is 9.02. The number of allylic oxidation sites excluding steroid dienone is 1. The van der Waals surface area contributed by atoms with Gasteiger partial charge in [0.2, 0.25) is 0 Å². The largest absolute Gasteiger partial charge is 0.491 e. The van der Waals surface area contributed by atoms with Gasteiger partial charge in [-0.15, -0.1) is 22.6 Å². The lowest BCUT2D eigenvalue weighted by atomic mass is 9.71. The Morgan fingerprint density at radius 1 is 1.46 bits per heavy atom. The zero-order valence-corrected chi connectivity index (χ0v) is 18.4. The lowest BCUT2D eigenvalue weighted by molar-refractivity contribution is -0.105. The molecule has 0 saturated heterocycles. The molecule has 2 atom stereocenters. The molecule has 3 N–H and O–H groups in total. The van der Waals surface area contributed by atoms with Crippen molar-refractivity contribution < 1.29 is 9.53 Å². The number of aromatic nitrogens is 4. The molecular weight excluding hydrogens is 448 g/mol. The molecule has 1 aromatic carbocycles. The predicted molar refractivity (Wildman–Crippen MR) is 111 cm³/mol. The lowest BCUT2D eigenvalue weighted by Gasteiger charge is -2.33. The number of carbonyl (C=O) groups is 1. The van der Waals surface area contributed by atoms with E-state index in [4.69, 9.17) is 10.5 Å². The molecule has 0 bridgehead atoms. The van der Waals surface area contributed by atoms with E-state index in [1.807, 2.05) is 39.0 Å². The van der Waals surface area contributed by atoms with Crippen LogP contribution in [0, 0.1) is 0 Å². The Balaban J connectivity index is 0.00000280. The van der Waals surface area contributed by atoms with Crippen molar-refractivity contribution in [2.75, 3.05) is 13.2 Å². The molecule has 3 rings (SSSR count). The van der Waals surface area contributed by atoms with Crippen molar-refractivity contribution in [2.24, 2.45) is 5.73 Å². The van der Waals surface area contributed by atoms with E-state index in [2.05, 4.69) is 36.7 Å². The summed E-state index contributed by atoms with van der Waals surface area (Å²) in [5.41, 5.74) is 7.17. The molecule has 2 heterocycles. The van der Waals surface area contributed by atoms with Gasteiger partial charge in [-0.25, -0.2) is 0 Å². The molecular formula is C18H24BrClN6O2. The Labute approximate surface area is 178 Å². The predicted octanol–water partition coefficient (Wildman–Crippen LogP) is 2.29. The number of ether oxygens (including phenoxy) is 1. The minimum absolute atomic E-state index is 0. The van der Waals surface area contributed by atoms with Crippen LogP contribution in [-0.4, -0.2) is 39.6 Å². The molecule has 1 aromatic heterocycles. The van der Waals surface area contributed by atoms with Gasteiger partial charge in [-0.05, 0) is 48.0 Å². The van der Waals surface area contributed by atoms with Crippen LogP contribution in [0.25, 0.3) is 0 Å². The Morgan fingerprint density at radius 2 is 2.21 bits per heavy atom. The van der Waals surface area contributed by atoms with E-state index < -0.39 is 5.41 Å². The zero-order valence-electron chi connectivity index (χ0n) is 16.0. The van der Waals surface area contributed by atoms with Gasteiger partial charge in [0.05, 0.1) is 16.4 Å². The van der Waals surface area contributed by atoms with Crippen molar-refractivity contribution in [2.45, 2.75) is 38.8 Å². The first-order chi connectivity index (χ1) is 13.0. The first-order valence-corrected chi connectivity index (χ1v) is 9.59. The average molecular weight is 472 g/mol. The van der Waals surface area contributed by atoms with E-state index in [1.54, 1.807) is 0 Å². The van der Waals surface area contributed by atoms with E-state index in [0.717, 1.165) is 22.0 Å². The number of nitrogens with two attached hydrogens (primary N) is 1. The Hall–Kier alpha value is -1.97. The Bertz CT molecular complexity index is 887. The SMILES string of the molecule is CCn1nnc(C2NC(C)=C(C=O)C2(C)c2cccc(Br)c2OCCN)n1.Cl. The topological polar surface area (TPSA) is 108 Å². The molecule has 0 amide bonds. The molecule has 10 heteroatoms. The molecule has 28 heavy (non-hydrogen) atoms. The van der Waals surface area contributed by atoms with Crippen LogP contribution >= 0.6 is 28.3 Å². The number of para-hydroxylation sites is 1. The minimum atomic E-state index is -0.735. The number of nitrogens with zero attached hydrogens (tertiary/aromatic N) is 4. The molecule has 0 radical (unpaired) electrons. The molecule has 0 aliphatic carbocycles. The monoisotopic (exact) mass is 470 g/mol. The third-order valence-corrected chi connectivity index (χ3v) is 5.54. The van der Waals surface area contributed by atoms with Crippen molar-refractivity contribution in [3.63, 3.8) is 0 Å². The van der Waals surface area contributed by atoms with Crippen LogP contribution < -0.4 is 15.8 Å². The van der Waals surface area contributed by atoms with E-state index in [-0.39, 0.29) is 18.4 Å². The van der Waals surface area contributed by atoms with Gasteiger partial charge in [0.15, 0.2) is 5.82 Å². The highest BCUT2D eigenvalue weighted by atomic mass is 79.9. The maximum atomic E-state index is 12.0. The third-order valence-electron chi connectivity index (χ3n) is 4.92. The summed E-state index contributed by atoms with van der Waals surface area (Å²) in [5, 5.41) is 16.1. The van der Waals surface area contributed by atoms with Crippen LogP contribution in [0.3, 0.4) is 0 Å². The number of rotatable bonds is 7. The maximum absolute atomic E-state index is 12.0. The molecule has 0 saturated carbocycles. The number of benzene rings is 1. The highest BCUT2D eigenvalue weighted by molar-refractivity contribution is 9.10. The van der Waals surface area contributed by atoms with E-state index in [1.165, 1.54) is 4.80 Å². The fourth-order valence-electron chi connectivity index (χ4n) is 3.55. The molecule has 2 aromatic rings. The number of aldehydes is 1. The first kappa shape index (κ1) is 22.3. The Morgan fingerprint density at radius 3 is 2.82 bits per heavy atom. The van der Waals surface area contributed by atoms with Crippen LogP contribution in [0.1, 0.15) is 38.2 Å². The minimum Gasteiger partial charge on any atom is -0.491 e. The summed E-state index contributed by atoms with van der Waals surface area (Å²) in [4.78, 5) is 13.5. The highest BCUT2D eigenvalue weighted by Gasteiger charge is 2.49. The molecule has 1 aliphatic heterocycles. The molecule has 0 spiro atoms. The third kappa shape index (κ3) is 3.66. The number of aryl methyl sites for hydroxylation is 1. The molecule has 2 unspecified atom stereocenters. The number of nitrogens with one attached hydrogen (secondary N) is 1. The number of halogens is 2. The fraction of sp³-hybridized carbons (Fsp3) is 0.444. The summed E-state index contributed by atoms with van der Waals surface area (Å²) < 4.78 is 6.73. The van der Waals surface area contributed by atoms with Crippen LogP contribution in [-0.2, 0) is 16.8 Å². The average Bonchev–Trinajstić information content (AvgIpc) is 3.23. The number of hydrogen-bond donors (Lipinski definition) is 2. The van der Waals surface area contributed by atoms with Crippen LogP contribution in [0.15, 0.2) is 33.9 Å². The van der Waals surface area contributed by atoms with Gasteiger partial charge in [-0.1, -0.05) is 12.1 Å². The normalized spacial score (nSPS) is 21.2. The van der Waals surface area contributed by atoms with Gasteiger partial charge in [0.1, 0.15) is 24.7 Å². The van der Waals surface area contributed by atoms with Crippen molar-refractivity contribution in [3.8, 4) is 5.75 Å². The van der Waals surface area contributed by atoms with E-state index in [9.17, 15) is 4.79 Å².